The first kappa shape index (κ1) is 23.7. The Labute approximate surface area is 195 Å². The molecule has 0 saturated heterocycles. The maximum atomic E-state index is 12.7. The predicted octanol–water partition coefficient (Wildman–Crippen LogP) is 6.55. The third-order valence-corrected chi connectivity index (χ3v) is 5.32. The summed E-state index contributed by atoms with van der Waals surface area (Å²) < 4.78 is 12.0. The molecule has 0 fully saturated rings. The first-order valence-electron chi connectivity index (χ1n) is 10.8. The topological polar surface area (TPSA) is 47.6 Å². The summed E-state index contributed by atoms with van der Waals surface area (Å²) in [6.45, 7) is 9.68. The number of halogens is 1. The number of ether oxygens (including phenoxy) is 2. The minimum Gasteiger partial charge on any atom is -0.493 e. The summed E-state index contributed by atoms with van der Waals surface area (Å²) in [5.74, 6) is 1.40. The highest BCUT2D eigenvalue weighted by Crippen LogP contribution is 2.32. The van der Waals surface area contributed by atoms with Gasteiger partial charge in [-0.25, -0.2) is 0 Å². The molecule has 0 aromatic heterocycles. The first-order chi connectivity index (χ1) is 15.3. The van der Waals surface area contributed by atoms with Crippen molar-refractivity contribution < 1.29 is 14.3 Å². The van der Waals surface area contributed by atoms with E-state index in [4.69, 9.17) is 21.1 Å². The molecule has 0 unspecified atom stereocenters. The highest BCUT2D eigenvalue weighted by Gasteiger charge is 2.19. The van der Waals surface area contributed by atoms with Crippen molar-refractivity contribution in [1.82, 2.24) is 5.32 Å². The lowest BCUT2D eigenvalue weighted by atomic mass is 9.86. The SMILES string of the molecule is CCOc1ccc(C(=O)NCc2ccc(Cl)cc2)cc1COc1ccccc1C(C)(C)C. The number of benzene rings is 3. The van der Waals surface area contributed by atoms with Crippen molar-refractivity contribution in [2.24, 2.45) is 0 Å². The molecule has 0 spiro atoms. The van der Waals surface area contributed by atoms with Gasteiger partial charge in [-0.2, -0.15) is 0 Å². The average molecular weight is 452 g/mol. The second-order valence-corrected chi connectivity index (χ2v) is 9.04. The van der Waals surface area contributed by atoms with Crippen LogP contribution in [0.25, 0.3) is 0 Å². The zero-order valence-electron chi connectivity index (χ0n) is 19.1. The normalized spacial score (nSPS) is 11.2. The number of hydrogen-bond donors (Lipinski definition) is 1. The highest BCUT2D eigenvalue weighted by atomic mass is 35.5. The van der Waals surface area contributed by atoms with Crippen molar-refractivity contribution >= 4 is 17.5 Å². The van der Waals surface area contributed by atoms with Crippen LogP contribution in [-0.4, -0.2) is 12.5 Å². The summed E-state index contributed by atoms with van der Waals surface area (Å²) in [6, 6.07) is 20.9. The molecule has 4 nitrogen and oxygen atoms in total. The Kier molecular flexibility index (Phi) is 7.81. The van der Waals surface area contributed by atoms with Crippen LogP contribution >= 0.6 is 11.6 Å². The summed E-state index contributed by atoms with van der Waals surface area (Å²) in [4.78, 5) is 12.7. The van der Waals surface area contributed by atoms with Crippen LogP contribution in [0.3, 0.4) is 0 Å². The van der Waals surface area contributed by atoms with E-state index in [9.17, 15) is 4.79 Å². The van der Waals surface area contributed by atoms with E-state index in [1.807, 2.05) is 61.5 Å². The van der Waals surface area contributed by atoms with Gasteiger partial charge in [-0.05, 0) is 59.9 Å². The fourth-order valence-corrected chi connectivity index (χ4v) is 3.51. The first-order valence-corrected chi connectivity index (χ1v) is 11.2. The fraction of sp³-hybridized carbons (Fsp3) is 0.296. The van der Waals surface area contributed by atoms with Crippen LogP contribution in [0.15, 0.2) is 66.7 Å². The van der Waals surface area contributed by atoms with Crippen LogP contribution in [0, 0.1) is 0 Å². The van der Waals surface area contributed by atoms with Gasteiger partial charge in [-0.15, -0.1) is 0 Å². The third kappa shape index (κ3) is 6.27. The molecular weight excluding hydrogens is 422 g/mol. The molecule has 1 N–H and O–H groups in total. The van der Waals surface area contributed by atoms with Crippen molar-refractivity contribution in [3.05, 3.63) is 94.0 Å². The molecule has 3 aromatic rings. The standard InChI is InChI=1S/C27H30ClNO3/c1-5-31-24-15-12-20(26(30)29-17-19-10-13-22(28)14-11-19)16-21(24)18-32-25-9-7-6-8-23(25)27(2,3)4/h6-16H,5,17-18H2,1-4H3,(H,29,30). The molecule has 3 rings (SSSR count). The average Bonchev–Trinajstić information content (AvgIpc) is 2.77. The maximum absolute atomic E-state index is 12.7. The molecule has 0 saturated carbocycles. The van der Waals surface area contributed by atoms with Crippen molar-refractivity contribution in [3.8, 4) is 11.5 Å². The number of hydrogen-bond acceptors (Lipinski definition) is 3. The summed E-state index contributed by atoms with van der Waals surface area (Å²) in [5, 5.41) is 3.62. The van der Waals surface area contributed by atoms with Gasteiger partial charge in [-0.1, -0.05) is 62.7 Å². The van der Waals surface area contributed by atoms with Crippen LogP contribution in [0.4, 0.5) is 0 Å². The van der Waals surface area contributed by atoms with Crippen molar-refractivity contribution in [2.75, 3.05) is 6.61 Å². The van der Waals surface area contributed by atoms with E-state index in [1.54, 1.807) is 6.07 Å². The largest absolute Gasteiger partial charge is 0.493 e. The lowest BCUT2D eigenvalue weighted by molar-refractivity contribution is 0.0950. The quantitative estimate of drug-likeness (QED) is 0.422. The van der Waals surface area contributed by atoms with E-state index in [2.05, 4.69) is 32.2 Å². The summed E-state index contributed by atoms with van der Waals surface area (Å²) in [7, 11) is 0. The van der Waals surface area contributed by atoms with E-state index in [-0.39, 0.29) is 11.3 Å². The zero-order chi connectivity index (χ0) is 23.1. The van der Waals surface area contributed by atoms with Gasteiger partial charge in [0.1, 0.15) is 18.1 Å². The predicted molar refractivity (Wildman–Crippen MR) is 130 cm³/mol. The molecule has 0 radical (unpaired) electrons. The molecule has 3 aromatic carbocycles. The molecule has 168 valence electrons. The Balaban J connectivity index is 1.76. The van der Waals surface area contributed by atoms with Crippen LogP contribution in [0.1, 0.15) is 54.7 Å². The number of para-hydroxylation sites is 1. The third-order valence-electron chi connectivity index (χ3n) is 5.07. The van der Waals surface area contributed by atoms with Gasteiger partial charge in [0.05, 0.1) is 6.61 Å². The highest BCUT2D eigenvalue weighted by molar-refractivity contribution is 6.30. The molecule has 0 aliphatic rings. The van der Waals surface area contributed by atoms with E-state index in [0.29, 0.717) is 30.3 Å². The van der Waals surface area contributed by atoms with E-state index < -0.39 is 0 Å². The Hall–Kier alpha value is -2.98. The monoisotopic (exact) mass is 451 g/mol. The van der Waals surface area contributed by atoms with Crippen molar-refractivity contribution in [1.29, 1.82) is 0 Å². The summed E-state index contributed by atoms with van der Waals surface area (Å²) in [6.07, 6.45) is 0. The molecule has 0 heterocycles. The van der Waals surface area contributed by atoms with Gasteiger partial charge in [0.2, 0.25) is 0 Å². The van der Waals surface area contributed by atoms with E-state index in [0.717, 1.165) is 28.2 Å². The Morgan fingerprint density at radius 1 is 0.938 bits per heavy atom. The van der Waals surface area contributed by atoms with Gasteiger partial charge < -0.3 is 14.8 Å². The van der Waals surface area contributed by atoms with Gasteiger partial charge in [0.25, 0.3) is 5.91 Å². The van der Waals surface area contributed by atoms with Crippen LogP contribution in [0.5, 0.6) is 11.5 Å². The lowest BCUT2D eigenvalue weighted by Gasteiger charge is -2.23. The molecule has 0 aliphatic carbocycles. The van der Waals surface area contributed by atoms with Gasteiger partial charge in [0.15, 0.2) is 0 Å². The maximum Gasteiger partial charge on any atom is 0.251 e. The second kappa shape index (κ2) is 10.6. The van der Waals surface area contributed by atoms with Gasteiger partial charge >= 0.3 is 0 Å². The second-order valence-electron chi connectivity index (χ2n) is 8.60. The Morgan fingerprint density at radius 3 is 2.34 bits per heavy atom. The molecule has 0 bridgehead atoms. The van der Waals surface area contributed by atoms with Crippen LogP contribution in [0.2, 0.25) is 5.02 Å². The number of amides is 1. The van der Waals surface area contributed by atoms with Crippen LogP contribution in [-0.2, 0) is 18.6 Å². The number of carbonyl (C=O) groups is 1. The molecule has 5 heteroatoms. The Morgan fingerprint density at radius 2 is 1.66 bits per heavy atom. The van der Waals surface area contributed by atoms with E-state index in [1.165, 1.54) is 0 Å². The number of rotatable bonds is 8. The smallest absolute Gasteiger partial charge is 0.251 e. The summed E-state index contributed by atoms with van der Waals surface area (Å²) in [5.41, 5.74) is 3.47. The summed E-state index contributed by atoms with van der Waals surface area (Å²) >= 11 is 5.93. The van der Waals surface area contributed by atoms with Crippen molar-refractivity contribution in [2.45, 2.75) is 46.3 Å². The number of carbonyl (C=O) groups excluding carboxylic acids is 1. The molecule has 1 amide bonds. The molecule has 0 aliphatic heterocycles. The van der Waals surface area contributed by atoms with E-state index >= 15 is 0 Å². The number of nitrogens with one attached hydrogen (secondary N) is 1. The van der Waals surface area contributed by atoms with Crippen LogP contribution < -0.4 is 14.8 Å². The molecule has 0 atom stereocenters. The minimum absolute atomic E-state index is 0.0389. The van der Waals surface area contributed by atoms with Crippen molar-refractivity contribution in [3.63, 3.8) is 0 Å². The lowest BCUT2D eigenvalue weighted by Crippen LogP contribution is -2.23. The fourth-order valence-electron chi connectivity index (χ4n) is 3.38. The van der Waals surface area contributed by atoms with Gasteiger partial charge in [0, 0.05) is 22.7 Å². The Bertz CT molecular complexity index is 1060. The zero-order valence-corrected chi connectivity index (χ0v) is 19.8. The molecular formula is C27H30ClNO3. The molecule has 32 heavy (non-hydrogen) atoms. The van der Waals surface area contributed by atoms with Gasteiger partial charge in [-0.3, -0.25) is 4.79 Å². The minimum atomic E-state index is -0.153.